The molecule has 11 heteroatoms. The number of hydrogen-bond acceptors (Lipinski definition) is 6. The Labute approximate surface area is 110 Å². The molecule has 0 rings (SSSR count). The largest absolute Gasteiger partial charge is 0.481 e. The molecule has 0 bridgehead atoms. The molecule has 0 saturated carbocycles. The number of carboxylic acid groups (broad SMARTS) is 3. The minimum atomic E-state index is -3.80. The fourth-order valence-corrected chi connectivity index (χ4v) is 0.447. The molecule has 0 saturated heterocycles. The molecule has 0 aromatic heterocycles. The van der Waals surface area contributed by atoms with Crippen molar-refractivity contribution in [2.45, 2.75) is 20.8 Å². The summed E-state index contributed by atoms with van der Waals surface area (Å²) in [5, 5.41) is 22.2. The van der Waals surface area contributed by atoms with Crippen LogP contribution in [0.25, 0.3) is 0 Å². The zero-order valence-corrected chi connectivity index (χ0v) is 11.5. The van der Waals surface area contributed by atoms with Crippen molar-refractivity contribution in [1.82, 2.24) is 0 Å². The van der Waals surface area contributed by atoms with Crippen LogP contribution in [0.2, 0.25) is 0 Å². The van der Waals surface area contributed by atoms with Gasteiger partial charge in [0.15, 0.2) is 0 Å². The average molecular weight is 305 g/mol. The molecule has 10 nitrogen and oxygen atoms in total. The summed E-state index contributed by atoms with van der Waals surface area (Å²) in [6.45, 7) is 3.22. The number of aliphatic carboxylic acids is 3. The molecule has 0 unspecified atom stereocenters. The van der Waals surface area contributed by atoms with Crippen molar-refractivity contribution in [3.8, 4) is 0 Å². The predicted molar refractivity (Wildman–Crippen MR) is 65.4 cm³/mol. The zero-order valence-electron chi connectivity index (χ0n) is 10.7. The summed E-state index contributed by atoms with van der Waals surface area (Å²) in [7, 11) is -3.80. The van der Waals surface area contributed by atoms with Crippen molar-refractivity contribution in [1.29, 1.82) is 0 Å². The Morgan fingerprint density at radius 3 is 1.05 bits per heavy atom. The molecule has 116 valence electrons. The van der Waals surface area contributed by atoms with Gasteiger partial charge in [-0.1, -0.05) is 0 Å². The minimum Gasteiger partial charge on any atom is -0.481 e. The van der Waals surface area contributed by atoms with Crippen LogP contribution in [0, 0.1) is 0 Å². The van der Waals surface area contributed by atoms with Crippen LogP contribution in [-0.2, 0) is 24.5 Å². The van der Waals surface area contributed by atoms with Gasteiger partial charge in [0.05, 0.1) is 5.75 Å². The van der Waals surface area contributed by atoms with Crippen LogP contribution in [0.3, 0.4) is 0 Å². The van der Waals surface area contributed by atoms with Crippen LogP contribution in [0.5, 0.6) is 0 Å². The van der Waals surface area contributed by atoms with Crippen molar-refractivity contribution < 1.29 is 42.7 Å². The summed E-state index contributed by atoms with van der Waals surface area (Å²) in [5.74, 6) is -2.85. The molecule has 0 aromatic carbocycles. The number of nitrogens with two attached hydrogens (primary N) is 1. The van der Waals surface area contributed by atoms with Gasteiger partial charge in [-0.05, 0) is 0 Å². The molecule has 0 aliphatic carbocycles. The Morgan fingerprint density at radius 2 is 1.05 bits per heavy atom. The first kappa shape index (κ1) is 26.0. The van der Waals surface area contributed by atoms with E-state index in [4.69, 9.17) is 40.0 Å². The Morgan fingerprint density at radius 1 is 0.895 bits per heavy atom. The first-order chi connectivity index (χ1) is 8.26. The van der Waals surface area contributed by atoms with E-state index in [1.807, 2.05) is 0 Å². The minimum absolute atomic E-state index is 0.0289. The van der Waals surface area contributed by atoms with Crippen LogP contribution in [-0.4, -0.2) is 58.5 Å². The molecule has 0 aliphatic heterocycles. The van der Waals surface area contributed by atoms with E-state index >= 15 is 0 Å². The van der Waals surface area contributed by atoms with Gasteiger partial charge in [-0.2, -0.15) is 8.42 Å². The molecular weight excluding hydrogens is 286 g/mol. The second-order valence-electron chi connectivity index (χ2n) is 2.63. The third-order valence-corrected chi connectivity index (χ3v) is 1.13. The van der Waals surface area contributed by atoms with E-state index in [0.717, 1.165) is 20.8 Å². The Kier molecular flexibility index (Phi) is 22.3. The van der Waals surface area contributed by atoms with Gasteiger partial charge in [0.25, 0.3) is 28.0 Å². The summed E-state index contributed by atoms with van der Waals surface area (Å²) < 4.78 is 27.3. The van der Waals surface area contributed by atoms with Gasteiger partial charge < -0.3 is 21.1 Å². The maximum atomic E-state index is 9.71. The average Bonchev–Trinajstić information content (AvgIpc) is 1.96. The van der Waals surface area contributed by atoms with Crippen LogP contribution in [0.1, 0.15) is 20.8 Å². The highest BCUT2D eigenvalue weighted by molar-refractivity contribution is 7.85. The van der Waals surface area contributed by atoms with Crippen molar-refractivity contribution in [3.63, 3.8) is 0 Å². The van der Waals surface area contributed by atoms with Crippen molar-refractivity contribution in [3.05, 3.63) is 0 Å². The quantitative estimate of drug-likeness (QED) is 0.399. The van der Waals surface area contributed by atoms with Crippen LogP contribution < -0.4 is 5.73 Å². The third kappa shape index (κ3) is 639. The molecule has 0 spiro atoms. The van der Waals surface area contributed by atoms with Gasteiger partial charge in [-0.15, -0.1) is 0 Å². The smallest absolute Gasteiger partial charge is 0.300 e. The second-order valence-corrected chi connectivity index (χ2v) is 4.20. The second kappa shape index (κ2) is 16.3. The molecule has 0 amide bonds. The lowest BCUT2D eigenvalue weighted by Gasteiger charge is -1.86. The lowest BCUT2D eigenvalue weighted by Crippen LogP contribution is -2.13. The molecule has 6 N–H and O–H groups in total. The highest BCUT2D eigenvalue weighted by Crippen LogP contribution is 1.74. The molecule has 19 heavy (non-hydrogen) atoms. The maximum Gasteiger partial charge on any atom is 0.300 e. The topological polar surface area (TPSA) is 192 Å². The van der Waals surface area contributed by atoms with Crippen molar-refractivity contribution >= 4 is 28.0 Å². The number of hydrogen-bond donors (Lipinski definition) is 5. The van der Waals surface area contributed by atoms with E-state index in [0.29, 0.717) is 0 Å². The predicted octanol–water partition coefficient (Wildman–Crippen LogP) is -0.894. The molecule has 0 aromatic rings. The lowest BCUT2D eigenvalue weighted by molar-refractivity contribution is -0.135. The zero-order chi connectivity index (χ0) is 16.6. The van der Waals surface area contributed by atoms with Gasteiger partial charge in [0, 0.05) is 27.3 Å². The Balaban J connectivity index is -0.0000000825. The van der Waals surface area contributed by atoms with Gasteiger partial charge in [0.1, 0.15) is 0 Å². The fourth-order valence-electron chi connectivity index (χ4n) is 0.149. The van der Waals surface area contributed by atoms with E-state index in [1.54, 1.807) is 0 Å². The number of rotatable bonds is 2. The van der Waals surface area contributed by atoms with Crippen LogP contribution in [0.4, 0.5) is 0 Å². The molecular formula is C8H19NO9S. The summed E-state index contributed by atoms with van der Waals surface area (Å²) in [6.07, 6.45) is 0. The van der Waals surface area contributed by atoms with Crippen molar-refractivity contribution in [2.24, 2.45) is 5.73 Å². The first-order valence-corrected chi connectivity index (χ1v) is 6.11. The fraction of sp³-hybridized carbons (Fsp3) is 0.625. The highest BCUT2D eigenvalue weighted by atomic mass is 32.2. The van der Waals surface area contributed by atoms with Crippen LogP contribution >= 0.6 is 0 Å². The maximum absolute atomic E-state index is 9.71. The molecule has 0 aliphatic rings. The van der Waals surface area contributed by atoms with Crippen LogP contribution in [0.15, 0.2) is 0 Å². The van der Waals surface area contributed by atoms with Gasteiger partial charge in [-0.25, -0.2) is 0 Å². The normalized spacial score (nSPS) is 8.26. The van der Waals surface area contributed by atoms with E-state index < -0.39 is 28.0 Å². The Bertz CT molecular complexity index is 309. The summed E-state index contributed by atoms with van der Waals surface area (Å²) >= 11 is 0. The molecule has 0 heterocycles. The first-order valence-electron chi connectivity index (χ1n) is 4.50. The summed E-state index contributed by atoms with van der Waals surface area (Å²) in [5.41, 5.74) is 4.78. The number of carbonyl (C=O) groups is 3. The van der Waals surface area contributed by atoms with E-state index in [-0.39, 0.29) is 12.3 Å². The highest BCUT2D eigenvalue weighted by Gasteiger charge is 1.98. The SMILES string of the molecule is CC(=O)O.CC(=O)O.CC(=O)O.NCCS(=O)(=O)O. The van der Waals surface area contributed by atoms with E-state index in [1.165, 1.54) is 0 Å². The summed E-state index contributed by atoms with van der Waals surface area (Å²) in [4.78, 5) is 27.0. The van der Waals surface area contributed by atoms with Crippen molar-refractivity contribution in [2.75, 3.05) is 12.3 Å². The molecule has 0 atom stereocenters. The lowest BCUT2D eigenvalue weighted by atomic mass is 10.8. The van der Waals surface area contributed by atoms with Gasteiger partial charge in [-0.3, -0.25) is 18.9 Å². The van der Waals surface area contributed by atoms with E-state index in [2.05, 4.69) is 0 Å². The van der Waals surface area contributed by atoms with Gasteiger partial charge in [0.2, 0.25) is 0 Å². The van der Waals surface area contributed by atoms with Gasteiger partial charge >= 0.3 is 0 Å². The Hall–Kier alpha value is -1.72. The molecule has 0 fully saturated rings. The van der Waals surface area contributed by atoms with E-state index in [9.17, 15) is 8.42 Å². The molecule has 0 radical (unpaired) electrons. The number of carboxylic acids is 3. The summed E-state index contributed by atoms with van der Waals surface area (Å²) in [6, 6.07) is 0. The monoisotopic (exact) mass is 305 g/mol. The third-order valence-electron chi connectivity index (χ3n) is 0.376. The standard InChI is InChI=1S/C2H7NO3S.3C2H4O2/c3-1-2-7(4,5)6;3*1-2(3)4/h1-3H2,(H,4,5,6);3*1H3,(H,3,4).